The number of hydrogen-bond donors (Lipinski definition) is 2. The van der Waals surface area contributed by atoms with E-state index in [1.165, 1.54) is 17.1 Å². The van der Waals surface area contributed by atoms with E-state index in [1.54, 1.807) is 7.05 Å². The number of amides is 1. The van der Waals surface area contributed by atoms with E-state index in [0.29, 0.717) is 0 Å². The summed E-state index contributed by atoms with van der Waals surface area (Å²) in [4.78, 5) is 32.7. The van der Waals surface area contributed by atoms with Gasteiger partial charge in [0.05, 0.1) is 12.3 Å². The molecule has 2 aromatic rings. The summed E-state index contributed by atoms with van der Waals surface area (Å²) in [6, 6.07) is 0.764. The van der Waals surface area contributed by atoms with Gasteiger partial charge in [-0.2, -0.15) is 5.10 Å². The summed E-state index contributed by atoms with van der Waals surface area (Å²) in [7, 11) is 1.60. The van der Waals surface area contributed by atoms with Crippen LogP contribution in [0.3, 0.4) is 0 Å². The Labute approximate surface area is 117 Å². The molecule has 0 aliphatic carbocycles. The molecule has 0 saturated carbocycles. The summed E-state index contributed by atoms with van der Waals surface area (Å²) >= 11 is 0. The minimum absolute atomic E-state index is 0.263. The average molecular weight is 294 g/mol. The number of nitrogens with one attached hydrogen (secondary N) is 1. The van der Waals surface area contributed by atoms with Crippen LogP contribution in [0.5, 0.6) is 0 Å². The van der Waals surface area contributed by atoms with Gasteiger partial charge in [-0.25, -0.2) is 4.79 Å². The van der Waals surface area contributed by atoms with Crippen LogP contribution in [0.2, 0.25) is 0 Å². The SMILES string of the molecule is Cn1cc(C(NC(=O)c2ccc([N+](=O)[O-])o2)C(=O)O)cn1. The predicted molar refractivity (Wildman–Crippen MR) is 66.4 cm³/mol. The number of carboxylic acid groups (broad SMARTS) is 1. The van der Waals surface area contributed by atoms with Crippen LogP contribution in [0, 0.1) is 10.1 Å². The van der Waals surface area contributed by atoms with Crippen molar-refractivity contribution in [2.24, 2.45) is 7.05 Å². The third-order valence-electron chi connectivity index (χ3n) is 2.58. The highest BCUT2D eigenvalue weighted by Gasteiger charge is 2.26. The zero-order valence-electron chi connectivity index (χ0n) is 10.7. The van der Waals surface area contributed by atoms with Gasteiger partial charge in [0.15, 0.2) is 11.8 Å². The maximum atomic E-state index is 11.9. The molecule has 0 fully saturated rings. The second-order valence-electron chi connectivity index (χ2n) is 4.09. The van der Waals surface area contributed by atoms with Gasteiger partial charge in [0, 0.05) is 18.8 Å². The van der Waals surface area contributed by atoms with Crippen LogP contribution in [0.4, 0.5) is 5.88 Å². The van der Waals surface area contributed by atoms with Crippen molar-refractivity contribution in [3.8, 4) is 0 Å². The maximum absolute atomic E-state index is 11.9. The number of carbonyl (C=O) groups excluding carboxylic acids is 1. The van der Waals surface area contributed by atoms with E-state index in [9.17, 15) is 19.7 Å². The number of aryl methyl sites for hydroxylation is 1. The first-order chi connectivity index (χ1) is 9.88. The minimum atomic E-state index is -1.34. The Bertz CT molecular complexity index is 703. The van der Waals surface area contributed by atoms with Crippen molar-refractivity contribution in [3.05, 3.63) is 46.0 Å². The number of carbonyl (C=O) groups is 2. The van der Waals surface area contributed by atoms with Gasteiger partial charge in [0.1, 0.15) is 4.92 Å². The smallest absolute Gasteiger partial charge is 0.433 e. The van der Waals surface area contributed by atoms with Gasteiger partial charge in [0.25, 0.3) is 5.91 Å². The lowest BCUT2D eigenvalue weighted by Gasteiger charge is -2.11. The number of nitro groups is 1. The Hall–Kier alpha value is -3.17. The highest BCUT2D eigenvalue weighted by atomic mass is 16.6. The molecule has 2 rings (SSSR count). The molecule has 10 nitrogen and oxygen atoms in total. The summed E-state index contributed by atoms with van der Waals surface area (Å²) < 4.78 is 6.09. The number of nitrogens with zero attached hydrogens (tertiary/aromatic N) is 3. The third-order valence-corrected chi connectivity index (χ3v) is 2.58. The van der Waals surface area contributed by atoms with Crippen LogP contribution in [-0.4, -0.2) is 31.7 Å². The lowest BCUT2D eigenvalue weighted by Crippen LogP contribution is -2.33. The fourth-order valence-corrected chi connectivity index (χ4v) is 1.63. The number of hydrogen-bond acceptors (Lipinski definition) is 6. The van der Waals surface area contributed by atoms with Crippen LogP contribution < -0.4 is 5.32 Å². The summed E-state index contributed by atoms with van der Waals surface area (Å²) in [5.41, 5.74) is 0.263. The topological polar surface area (TPSA) is 140 Å². The Morgan fingerprint density at radius 3 is 2.71 bits per heavy atom. The van der Waals surface area contributed by atoms with E-state index >= 15 is 0 Å². The molecular formula is C11H10N4O6. The quantitative estimate of drug-likeness (QED) is 0.603. The molecule has 110 valence electrons. The first-order valence-electron chi connectivity index (χ1n) is 5.65. The number of rotatable bonds is 5. The zero-order chi connectivity index (χ0) is 15.6. The number of aromatic nitrogens is 2. The van der Waals surface area contributed by atoms with Crippen molar-refractivity contribution in [1.29, 1.82) is 0 Å². The molecule has 0 saturated heterocycles. The summed E-state index contributed by atoms with van der Waals surface area (Å²) in [6.07, 6.45) is 2.73. The van der Waals surface area contributed by atoms with Crippen molar-refractivity contribution in [2.75, 3.05) is 0 Å². The van der Waals surface area contributed by atoms with Gasteiger partial charge < -0.3 is 14.8 Å². The molecule has 2 heterocycles. The summed E-state index contributed by atoms with van der Waals surface area (Å²) in [6.45, 7) is 0. The predicted octanol–water partition coefficient (Wildman–Crippen LogP) is 0.477. The lowest BCUT2D eigenvalue weighted by molar-refractivity contribution is -0.402. The minimum Gasteiger partial charge on any atom is -0.479 e. The van der Waals surface area contributed by atoms with Crippen molar-refractivity contribution in [2.45, 2.75) is 6.04 Å². The number of furan rings is 1. The van der Waals surface area contributed by atoms with E-state index in [2.05, 4.69) is 10.4 Å². The van der Waals surface area contributed by atoms with Crippen LogP contribution in [0.25, 0.3) is 0 Å². The molecule has 1 unspecified atom stereocenters. The Morgan fingerprint density at radius 1 is 1.52 bits per heavy atom. The van der Waals surface area contributed by atoms with Crippen molar-refractivity contribution in [1.82, 2.24) is 15.1 Å². The molecule has 0 aliphatic rings. The molecule has 0 radical (unpaired) electrons. The van der Waals surface area contributed by atoms with E-state index in [1.807, 2.05) is 0 Å². The molecule has 0 aromatic carbocycles. The first-order valence-corrected chi connectivity index (χ1v) is 5.65. The first kappa shape index (κ1) is 14.2. The van der Waals surface area contributed by atoms with Crippen LogP contribution in [0.1, 0.15) is 22.2 Å². The summed E-state index contributed by atoms with van der Waals surface area (Å²) in [5, 5.41) is 25.6. The van der Waals surface area contributed by atoms with Crippen LogP contribution in [0.15, 0.2) is 28.9 Å². The molecule has 0 spiro atoms. The van der Waals surface area contributed by atoms with Gasteiger partial charge in [-0.3, -0.25) is 19.6 Å². The average Bonchev–Trinajstić information content (AvgIpc) is 3.04. The molecule has 10 heteroatoms. The Kier molecular flexibility index (Phi) is 3.69. The van der Waals surface area contributed by atoms with Crippen molar-refractivity contribution >= 4 is 17.8 Å². The van der Waals surface area contributed by atoms with Crippen molar-refractivity contribution < 1.29 is 24.0 Å². The summed E-state index contributed by atoms with van der Waals surface area (Å²) in [5.74, 6) is -3.12. The fraction of sp³-hybridized carbons (Fsp3) is 0.182. The van der Waals surface area contributed by atoms with Crippen molar-refractivity contribution in [3.63, 3.8) is 0 Å². The molecule has 0 aliphatic heterocycles. The lowest BCUT2D eigenvalue weighted by atomic mass is 10.1. The molecule has 1 amide bonds. The fourth-order valence-electron chi connectivity index (χ4n) is 1.63. The molecule has 2 N–H and O–H groups in total. The Morgan fingerprint density at radius 2 is 2.24 bits per heavy atom. The van der Waals surface area contributed by atoms with Crippen LogP contribution >= 0.6 is 0 Å². The third kappa shape index (κ3) is 3.05. The van der Waals surface area contributed by atoms with E-state index in [0.717, 1.165) is 12.1 Å². The second kappa shape index (κ2) is 5.45. The van der Waals surface area contributed by atoms with Gasteiger partial charge in [0.2, 0.25) is 0 Å². The Balaban J connectivity index is 2.18. The molecule has 1 atom stereocenters. The number of aliphatic carboxylic acids is 1. The van der Waals surface area contributed by atoms with Gasteiger partial charge >= 0.3 is 11.9 Å². The molecule has 21 heavy (non-hydrogen) atoms. The highest BCUT2D eigenvalue weighted by molar-refractivity contribution is 5.94. The van der Waals surface area contributed by atoms with Crippen LogP contribution in [-0.2, 0) is 11.8 Å². The van der Waals surface area contributed by atoms with E-state index in [-0.39, 0.29) is 11.3 Å². The molecule has 2 aromatic heterocycles. The van der Waals surface area contributed by atoms with Gasteiger partial charge in [-0.05, 0) is 6.07 Å². The normalized spacial score (nSPS) is 11.9. The largest absolute Gasteiger partial charge is 0.479 e. The van der Waals surface area contributed by atoms with Gasteiger partial charge in [-0.15, -0.1) is 0 Å². The maximum Gasteiger partial charge on any atom is 0.433 e. The highest BCUT2D eigenvalue weighted by Crippen LogP contribution is 2.17. The number of carboxylic acids is 1. The standard InChI is InChI=1S/C11H10N4O6/c1-14-5-6(4-12-14)9(11(17)18)13-10(16)7-2-3-8(21-7)15(19)20/h2-5,9H,1H3,(H,13,16)(H,17,18). The van der Waals surface area contributed by atoms with E-state index < -0.39 is 28.7 Å². The van der Waals surface area contributed by atoms with Gasteiger partial charge in [-0.1, -0.05) is 0 Å². The molecular weight excluding hydrogens is 284 g/mol. The van der Waals surface area contributed by atoms with E-state index in [4.69, 9.17) is 9.52 Å². The second-order valence-corrected chi connectivity index (χ2v) is 4.09. The molecule has 0 bridgehead atoms. The monoisotopic (exact) mass is 294 g/mol. The zero-order valence-corrected chi connectivity index (χ0v) is 10.7.